The highest BCUT2D eigenvalue weighted by Gasteiger charge is 2.30. The van der Waals surface area contributed by atoms with Crippen molar-refractivity contribution in [1.29, 1.82) is 0 Å². The molecule has 0 heterocycles. The van der Waals surface area contributed by atoms with Gasteiger partial charge in [-0.2, -0.15) is 0 Å². The molecule has 1 aromatic rings. The van der Waals surface area contributed by atoms with Gasteiger partial charge < -0.3 is 10.6 Å². The van der Waals surface area contributed by atoms with E-state index in [0.29, 0.717) is 23.0 Å². The zero-order valence-corrected chi connectivity index (χ0v) is 14.0. The van der Waals surface area contributed by atoms with Crippen LogP contribution < -0.4 is 5.73 Å². The van der Waals surface area contributed by atoms with Crippen molar-refractivity contribution in [3.8, 4) is 0 Å². The Morgan fingerprint density at radius 2 is 2.15 bits per heavy atom. The second-order valence-electron chi connectivity index (χ2n) is 5.39. The molecule has 0 aliphatic heterocycles. The molecule has 0 radical (unpaired) electrons. The van der Waals surface area contributed by atoms with Crippen molar-refractivity contribution in [2.45, 2.75) is 31.7 Å². The van der Waals surface area contributed by atoms with E-state index in [2.05, 4.69) is 15.9 Å². The van der Waals surface area contributed by atoms with Crippen LogP contribution in [0.5, 0.6) is 0 Å². The molecule has 5 heteroatoms. The van der Waals surface area contributed by atoms with Gasteiger partial charge in [0.2, 0.25) is 0 Å². The van der Waals surface area contributed by atoms with E-state index in [1.807, 2.05) is 18.0 Å². The quantitative estimate of drug-likeness (QED) is 0.894. The second-order valence-corrected chi connectivity index (χ2v) is 6.71. The fourth-order valence-corrected chi connectivity index (χ4v) is 3.53. The highest BCUT2D eigenvalue weighted by Crippen LogP contribution is 2.29. The van der Waals surface area contributed by atoms with Crippen molar-refractivity contribution < 1.29 is 4.79 Å². The topological polar surface area (TPSA) is 46.3 Å². The van der Waals surface area contributed by atoms with Crippen LogP contribution in [-0.4, -0.2) is 30.4 Å². The van der Waals surface area contributed by atoms with Gasteiger partial charge in [-0.1, -0.05) is 40.4 Å². The molecule has 20 heavy (non-hydrogen) atoms. The second kappa shape index (κ2) is 6.92. The molecule has 0 aromatic heterocycles. The van der Waals surface area contributed by atoms with E-state index in [0.717, 1.165) is 23.7 Å². The summed E-state index contributed by atoms with van der Waals surface area (Å²) in [6.45, 7) is 0.633. The van der Waals surface area contributed by atoms with Crippen LogP contribution in [0.3, 0.4) is 0 Å². The summed E-state index contributed by atoms with van der Waals surface area (Å²) in [5, 5.41) is 0.491. The van der Waals surface area contributed by atoms with Gasteiger partial charge in [0.15, 0.2) is 0 Å². The summed E-state index contributed by atoms with van der Waals surface area (Å²) in [4.78, 5) is 14.5. The van der Waals surface area contributed by atoms with Gasteiger partial charge >= 0.3 is 0 Å². The summed E-state index contributed by atoms with van der Waals surface area (Å²) in [5.41, 5.74) is 6.40. The van der Waals surface area contributed by atoms with Crippen LogP contribution in [0, 0.1) is 5.92 Å². The number of rotatable bonds is 3. The minimum Gasteiger partial charge on any atom is -0.338 e. The fraction of sp³-hybridized carbons (Fsp3) is 0.533. The van der Waals surface area contributed by atoms with Gasteiger partial charge in [-0.05, 0) is 43.5 Å². The van der Waals surface area contributed by atoms with E-state index in [-0.39, 0.29) is 11.9 Å². The number of benzene rings is 1. The maximum Gasteiger partial charge on any atom is 0.255 e. The summed E-state index contributed by atoms with van der Waals surface area (Å²) < 4.78 is 0.859. The molecule has 0 spiro atoms. The van der Waals surface area contributed by atoms with Gasteiger partial charge in [-0.3, -0.25) is 4.79 Å². The van der Waals surface area contributed by atoms with Gasteiger partial charge in [0.25, 0.3) is 5.91 Å². The number of hydrogen-bond donors (Lipinski definition) is 1. The van der Waals surface area contributed by atoms with Gasteiger partial charge in [-0.25, -0.2) is 0 Å². The highest BCUT2D eigenvalue weighted by atomic mass is 79.9. The molecule has 1 aromatic carbocycles. The summed E-state index contributed by atoms with van der Waals surface area (Å²) in [6, 6.07) is 5.58. The Labute approximate surface area is 133 Å². The van der Waals surface area contributed by atoms with Gasteiger partial charge in [0.05, 0.1) is 10.6 Å². The molecule has 1 fully saturated rings. The molecule has 1 aliphatic rings. The molecule has 1 saturated carbocycles. The molecule has 110 valence electrons. The minimum atomic E-state index is -0.0263. The molecule has 0 saturated heterocycles. The summed E-state index contributed by atoms with van der Waals surface area (Å²) in [7, 11) is 1.86. The molecule has 2 atom stereocenters. The number of carbonyl (C=O) groups excluding carboxylic acids is 1. The predicted octanol–water partition coefficient (Wildman–Crippen LogP) is 3.69. The minimum absolute atomic E-state index is 0.0263. The number of amides is 1. The Bertz CT molecular complexity index is 495. The molecule has 2 unspecified atom stereocenters. The van der Waals surface area contributed by atoms with Crippen molar-refractivity contribution in [2.75, 3.05) is 13.6 Å². The van der Waals surface area contributed by atoms with E-state index in [9.17, 15) is 4.79 Å². The summed E-state index contributed by atoms with van der Waals surface area (Å²) >= 11 is 9.54. The van der Waals surface area contributed by atoms with E-state index in [4.69, 9.17) is 17.3 Å². The largest absolute Gasteiger partial charge is 0.338 e. The first kappa shape index (κ1) is 15.8. The Morgan fingerprint density at radius 1 is 1.45 bits per heavy atom. The van der Waals surface area contributed by atoms with Crippen molar-refractivity contribution in [1.82, 2.24) is 4.90 Å². The molecule has 1 amide bonds. The first-order valence-electron chi connectivity index (χ1n) is 6.97. The monoisotopic (exact) mass is 358 g/mol. The average Bonchev–Trinajstić information content (AvgIpc) is 2.48. The standard InChI is InChI=1S/C15H20BrClN2O/c1-19(14-5-3-2-4-10(14)9-18)15(20)12-8-11(16)6-7-13(12)17/h6-8,10,14H,2-5,9,18H2,1H3. The third-order valence-electron chi connectivity index (χ3n) is 4.15. The molecule has 2 rings (SSSR count). The summed E-state index contributed by atoms with van der Waals surface area (Å²) in [6.07, 6.45) is 4.49. The Hall–Kier alpha value is -0.580. The van der Waals surface area contributed by atoms with Crippen LogP contribution in [0.2, 0.25) is 5.02 Å². The van der Waals surface area contributed by atoms with Crippen LogP contribution in [-0.2, 0) is 0 Å². The molecular formula is C15H20BrClN2O. The van der Waals surface area contributed by atoms with Crippen LogP contribution in [0.1, 0.15) is 36.0 Å². The molecular weight excluding hydrogens is 340 g/mol. The van der Waals surface area contributed by atoms with Gasteiger partial charge in [0, 0.05) is 17.6 Å². The Morgan fingerprint density at radius 3 is 2.85 bits per heavy atom. The Kier molecular flexibility index (Phi) is 5.47. The maximum atomic E-state index is 12.7. The summed E-state index contributed by atoms with van der Waals surface area (Å²) in [5.74, 6) is 0.366. The third kappa shape index (κ3) is 3.35. The number of nitrogens with two attached hydrogens (primary N) is 1. The van der Waals surface area contributed by atoms with Crippen molar-refractivity contribution in [3.05, 3.63) is 33.3 Å². The molecule has 1 aliphatic carbocycles. The molecule has 2 N–H and O–H groups in total. The van der Waals surface area contributed by atoms with E-state index >= 15 is 0 Å². The zero-order chi connectivity index (χ0) is 14.7. The lowest BCUT2D eigenvalue weighted by Crippen LogP contribution is -2.46. The number of halogens is 2. The number of hydrogen-bond acceptors (Lipinski definition) is 2. The van der Waals surface area contributed by atoms with Crippen LogP contribution in [0.4, 0.5) is 0 Å². The normalized spacial score (nSPS) is 22.6. The van der Waals surface area contributed by atoms with Crippen LogP contribution in [0.15, 0.2) is 22.7 Å². The van der Waals surface area contributed by atoms with E-state index in [1.165, 1.54) is 6.42 Å². The van der Waals surface area contributed by atoms with Crippen molar-refractivity contribution >= 4 is 33.4 Å². The smallest absolute Gasteiger partial charge is 0.255 e. The third-order valence-corrected chi connectivity index (χ3v) is 4.97. The van der Waals surface area contributed by atoms with E-state index < -0.39 is 0 Å². The van der Waals surface area contributed by atoms with Crippen molar-refractivity contribution in [3.63, 3.8) is 0 Å². The predicted molar refractivity (Wildman–Crippen MR) is 86.0 cm³/mol. The van der Waals surface area contributed by atoms with Gasteiger partial charge in [0.1, 0.15) is 0 Å². The number of carbonyl (C=O) groups is 1. The Balaban J connectivity index is 2.21. The SMILES string of the molecule is CN(C(=O)c1cc(Br)ccc1Cl)C1CCCCC1CN. The fourth-order valence-electron chi connectivity index (χ4n) is 2.97. The average molecular weight is 360 g/mol. The van der Waals surface area contributed by atoms with Crippen molar-refractivity contribution in [2.24, 2.45) is 11.7 Å². The number of nitrogens with zero attached hydrogens (tertiary/aromatic N) is 1. The highest BCUT2D eigenvalue weighted by molar-refractivity contribution is 9.10. The van der Waals surface area contributed by atoms with Crippen LogP contribution >= 0.6 is 27.5 Å². The van der Waals surface area contributed by atoms with Gasteiger partial charge in [-0.15, -0.1) is 0 Å². The van der Waals surface area contributed by atoms with Crippen LogP contribution in [0.25, 0.3) is 0 Å². The van der Waals surface area contributed by atoms with E-state index in [1.54, 1.807) is 12.1 Å². The zero-order valence-electron chi connectivity index (χ0n) is 11.6. The first-order valence-corrected chi connectivity index (χ1v) is 8.14. The lowest BCUT2D eigenvalue weighted by Gasteiger charge is -2.37. The first-order chi connectivity index (χ1) is 9.54. The lowest BCUT2D eigenvalue weighted by molar-refractivity contribution is 0.0620. The lowest BCUT2D eigenvalue weighted by atomic mass is 9.83. The molecule has 0 bridgehead atoms. The molecule has 3 nitrogen and oxygen atoms in total. The maximum absolute atomic E-state index is 12.7.